The predicted octanol–water partition coefficient (Wildman–Crippen LogP) is 4.42. The van der Waals surface area contributed by atoms with Crippen LogP contribution in [0, 0.1) is 6.92 Å². The van der Waals surface area contributed by atoms with E-state index < -0.39 is 0 Å². The first-order valence-electron chi connectivity index (χ1n) is 10.6. The van der Waals surface area contributed by atoms with E-state index in [4.69, 9.17) is 12.2 Å². The van der Waals surface area contributed by atoms with Gasteiger partial charge in [0.1, 0.15) is 0 Å². The van der Waals surface area contributed by atoms with Crippen LogP contribution in [-0.2, 0) is 0 Å². The first-order chi connectivity index (χ1) is 15.1. The summed E-state index contributed by atoms with van der Waals surface area (Å²) in [6, 6.07) is 29.0. The van der Waals surface area contributed by atoms with E-state index in [1.54, 1.807) is 0 Å². The number of nitrogens with one attached hydrogen (secondary N) is 1. The summed E-state index contributed by atoms with van der Waals surface area (Å²) in [5.74, 6) is -0.150. The van der Waals surface area contributed by atoms with E-state index in [9.17, 15) is 4.79 Å². The monoisotopic (exact) mass is 429 g/mol. The largest absolute Gasteiger partial charge is 0.346 e. The average molecular weight is 430 g/mol. The van der Waals surface area contributed by atoms with Crippen molar-refractivity contribution in [3.8, 4) is 0 Å². The zero-order chi connectivity index (χ0) is 21.6. The molecule has 1 amide bonds. The fraction of sp³-hybridized carbons (Fsp3) is 0.231. The molecule has 158 valence electrons. The van der Waals surface area contributed by atoms with Crippen LogP contribution >= 0.6 is 12.2 Å². The molecule has 1 heterocycles. The highest BCUT2D eigenvalue weighted by atomic mass is 32.1. The standard InChI is InChI=1S/C26H27N3OS/c1-20-9-8-14-23(19-20)25(30)27-26(31)29-17-15-28(16-18-29)24(21-10-4-2-5-11-21)22-12-6-3-7-13-22/h2-14,19,24H,15-18H2,1H3,(H,27,30,31). The van der Waals surface area contributed by atoms with Gasteiger partial charge < -0.3 is 4.90 Å². The fourth-order valence-corrected chi connectivity index (χ4v) is 4.38. The van der Waals surface area contributed by atoms with E-state index in [-0.39, 0.29) is 11.9 Å². The quantitative estimate of drug-likeness (QED) is 0.623. The summed E-state index contributed by atoms with van der Waals surface area (Å²) in [5, 5.41) is 3.40. The van der Waals surface area contributed by atoms with Crippen molar-refractivity contribution in [1.82, 2.24) is 15.1 Å². The second-order valence-electron chi connectivity index (χ2n) is 7.88. The van der Waals surface area contributed by atoms with Crippen molar-refractivity contribution < 1.29 is 4.79 Å². The molecule has 0 aromatic heterocycles. The van der Waals surface area contributed by atoms with Gasteiger partial charge in [-0.25, -0.2) is 0 Å². The fourth-order valence-electron chi connectivity index (χ4n) is 4.10. The molecule has 1 aliphatic heterocycles. The SMILES string of the molecule is Cc1cccc(C(=O)NC(=S)N2CCN(C(c3ccccc3)c3ccccc3)CC2)c1. The summed E-state index contributed by atoms with van der Waals surface area (Å²) in [6.45, 7) is 5.28. The average Bonchev–Trinajstić information content (AvgIpc) is 2.81. The second kappa shape index (κ2) is 9.86. The molecule has 31 heavy (non-hydrogen) atoms. The first kappa shape index (κ1) is 21.2. The number of amides is 1. The molecular formula is C26H27N3OS. The number of nitrogens with zero attached hydrogens (tertiary/aromatic N) is 2. The lowest BCUT2D eigenvalue weighted by molar-refractivity contribution is 0.0967. The van der Waals surface area contributed by atoms with Crippen molar-refractivity contribution in [2.24, 2.45) is 0 Å². The van der Waals surface area contributed by atoms with E-state index in [0.29, 0.717) is 10.7 Å². The minimum atomic E-state index is -0.150. The zero-order valence-electron chi connectivity index (χ0n) is 17.7. The number of benzene rings is 3. The number of hydrogen-bond donors (Lipinski definition) is 1. The minimum absolute atomic E-state index is 0.150. The topological polar surface area (TPSA) is 35.6 Å². The molecule has 3 aromatic carbocycles. The summed E-state index contributed by atoms with van der Waals surface area (Å²) in [7, 11) is 0. The third-order valence-corrected chi connectivity index (χ3v) is 6.06. The third kappa shape index (κ3) is 5.19. The maximum atomic E-state index is 12.6. The van der Waals surface area contributed by atoms with Gasteiger partial charge in [-0.3, -0.25) is 15.0 Å². The van der Waals surface area contributed by atoms with Gasteiger partial charge in [0.2, 0.25) is 0 Å². The van der Waals surface area contributed by atoms with Crippen LogP contribution in [0.2, 0.25) is 0 Å². The van der Waals surface area contributed by atoms with Crippen molar-refractivity contribution in [3.63, 3.8) is 0 Å². The summed E-state index contributed by atoms with van der Waals surface area (Å²) < 4.78 is 0. The Hall–Kier alpha value is -3.02. The highest BCUT2D eigenvalue weighted by Gasteiger charge is 2.27. The summed E-state index contributed by atoms with van der Waals surface area (Å²) in [6.07, 6.45) is 0. The van der Waals surface area contributed by atoms with Gasteiger partial charge in [-0.15, -0.1) is 0 Å². The van der Waals surface area contributed by atoms with Crippen molar-refractivity contribution in [2.75, 3.05) is 26.2 Å². The second-order valence-corrected chi connectivity index (χ2v) is 8.26. The number of rotatable bonds is 4. The van der Waals surface area contributed by atoms with Gasteiger partial charge in [0, 0.05) is 31.7 Å². The number of piperazine rings is 1. The maximum Gasteiger partial charge on any atom is 0.257 e. The lowest BCUT2D eigenvalue weighted by Crippen LogP contribution is -2.53. The predicted molar refractivity (Wildman–Crippen MR) is 129 cm³/mol. The van der Waals surface area contributed by atoms with Gasteiger partial charge in [0.05, 0.1) is 6.04 Å². The number of carbonyl (C=O) groups is 1. The number of hydrogen-bond acceptors (Lipinski definition) is 3. The van der Waals surface area contributed by atoms with Crippen LogP contribution in [0.15, 0.2) is 84.9 Å². The Morgan fingerprint density at radius 3 is 1.97 bits per heavy atom. The normalized spacial score (nSPS) is 14.5. The lowest BCUT2D eigenvalue weighted by Gasteiger charge is -2.40. The molecule has 0 bridgehead atoms. The van der Waals surface area contributed by atoms with Crippen LogP contribution < -0.4 is 5.32 Å². The van der Waals surface area contributed by atoms with Crippen LogP contribution in [0.3, 0.4) is 0 Å². The molecule has 1 N–H and O–H groups in total. The lowest BCUT2D eigenvalue weighted by atomic mass is 9.96. The van der Waals surface area contributed by atoms with E-state index in [0.717, 1.165) is 31.7 Å². The highest BCUT2D eigenvalue weighted by molar-refractivity contribution is 7.80. The van der Waals surface area contributed by atoms with Gasteiger partial charge in [-0.05, 0) is 42.4 Å². The Morgan fingerprint density at radius 1 is 0.839 bits per heavy atom. The molecule has 1 aliphatic rings. The van der Waals surface area contributed by atoms with Crippen LogP contribution in [0.25, 0.3) is 0 Å². The third-order valence-electron chi connectivity index (χ3n) is 5.70. The molecule has 0 aliphatic carbocycles. The molecule has 0 saturated carbocycles. The highest BCUT2D eigenvalue weighted by Crippen LogP contribution is 2.29. The molecule has 0 radical (unpaired) electrons. The molecule has 4 rings (SSSR count). The van der Waals surface area contributed by atoms with E-state index >= 15 is 0 Å². The van der Waals surface area contributed by atoms with Crippen LogP contribution in [0.5, 0.6) is 0 Å². The first-order valence-corrected chi connectivity index (χ1v) is 11.0. The molecule has 0 spiro atoms. The van der Waals surface area contributed by atoms with Gasteiger partial charge in [-0.2, -0.15) is 0 Å². The number of thiocarbonyl (C=S) groups is 1. The molecule has 5 heteroatoms. The maximum absolute atomic E-state index is 12.6. The van der Waals surface area contributed by atoms with Gasteiger partial charge >= 0.3 is 0 Å². The Balaban J connectivity index is 1.42. The smallest absolute Gasteiger partial charge is 0.257 e. The molecule has 1 fully saturated rings. The van der Waals surface area contributed by atoms with Gasteiger partial charge in [0.15, 0.2) is 5.11 Å². The Kier molecular flexibility index (Phi) is 6.75. The van der Waals surface area contributed by atoms with Crippen LogP contribution in [0.4, 0.5) is 0 Å². The summed E-state index contributed by atoms with van der Waals surface area (Å²) in [5.41, 5.74) is 4.27. The molecule has 1 saturated heterocycles. The van der Waals surface area contributed by atoms with Crippen LogP contribution in [0.1, 0.15) is 33.1 Å². The summed E-state index contributed by atoms with van der Waals surface area (Å²) in [4.78, 5) is 17.1. The van der Waals surface area contributed by atoms with Crippen molar-refractivity contribution in [1.29, 1.82) is 0 Å². The molecule has 0 unspecified atom stereocenters. The zero-order valence-corrected chi connectivity index (χ0v) is 18.5. The van der Waals surface area contributed by atoms with Crippen molar-refractivity contribution in [2.45, 2.75) is 13.0 Å². The van der Waals surface area contributed by atoms with Crippen LogP contribution in [-0.4, -0.2) is 47.0 Å². The Bertz CT molecular complexity index is 991. The van der Waals surface area contributed by atoms with Gasteiger partial charge in [-0.1, -0.05) is 78.4 Å². The Labute approximate surface area is 189 Å². The molecule has 0 atom stereocenters. The minimum Gasteiger partial charge on any atom is -0.346 e. The van der Waals surface area contributed by atoms with Crippen molar-refractivity contribution in [3.05, 3.63) is 107 Å². The van der Waals surface area contributed by atoms with Crippen molar-refractivity contribution >= 4 is 23.2 Å². The number of carbonyl (C=O) groups excluding carboxylic acids is 1. The Morgan fingerprint density at radius 2 is 1.42 bits per heavy atom. The van der Waals surface area contributed by atoms with E-state index in [1.165, 1.54) is 11.1 Å². The molecule has 4 nitrogen and oxygen atoms in total. The van der Waals surface area contributed by atoms with Gasteiger partial charge in [0.25, 0.3) is 5.91 Å². The molecule has 3 aromatic rings. The molecular weight excluding hydrogens is 402 g/mol. The van der Waals surface area contributed by atoms with E-state index in [2.05, 4.69) is 75.8 Å². The van der Waals surface area contributed by atoms with E-state index in [1.807, 2.05) is 31.2 Å². The number of aryl methyl sites for hydroxylation is 1. The summed E-state index contributed by atoms with van der Waals surface area (Å²) >= 11 is 5.55.